The molecule has 3 rings (SSSR count). The molecule has 1 atom stereocenters. The quantitative estimate of drug-likeness (QED) is 0.845. The van der Waals surface area contributed by atoms with E-state index in [1.807, 2.05) is 36.4 Å². The molecule has 0 radical (unpaired) electrons. The Balaban J connectivity index is 1.80. The van der Waals surface area contributed by atoms with Crippen molar-refractivity contribution < 1.29 is 14.3 Å². The lowest BCUT2D eigenvalue weighted by atomic mass is 9.86. The smallest absolute Gasteiger partial charge is 0.255 e. The van der Waals surface area contributed by atoms with Crippen molar-refractivity contribution in [3.8, 4) is 5.75 Å². The van der Waals surface area contributed by atoms with E-state index in [0.717, 1.165) is 23.6 Å². The van der Waals surface area contributed by atoms with Gasteiger partial charge in [-0.2, -0.15) is 0 Å². The van der Waals surface area contributed by atoms with Crippen LogP contribution in [-0.4, -0.2) is 25.2 Å². The van der Waals surface area contributed by atoms with E-state index < -0.39 is 0 Å². The summed E-state index contributed by atoms with van der Waals surface area (Å²) in [5, 5.41) is 2.93. The van der Waals surface area contributed by atoms with Gasteiger partial charge in [-0.1, -0.05) is 45.0 Å². The lowest BCUT2D eigenvalue weighted by Gasteiger charge is -2.23. The van der Waals surface area contributed by atoms with Crippen LogP contribution in [0.1, 0.15) is 36.7 Å². The summed E-state index contributed by atoms with van der Waals surface area (Å²) < 4.78 is 11.2. The van der Waals surface area contributed by atoms with Gasteiger partial charge < -0.3 is 14.8 Å². The van der Waals surface area contributed by atoms with Gasteiger partial charge in [0.2, 0.25) is 0 Å². The number of carbonyl (C=O) groups is 1. The van der Waals surface area contributed by atoms with Crippen LogP contribution in [0.5, 0.6) is 5.75 Å². The molecule has 0 saturated carbocycles. The fourth-order valence-corrected chi connectivity index (χ4v) is 2.48. The zero-order valence-corrected chi connectivity index (χ0v) is 14.3. The molecule has 1 aliphatic rings. The highest BCUT2D eigenvalue weighted by atomic mass is 16.6. The van der Waals surface area contributed by atoms with Crippen LogP contribution < -0.4 is 10.1 Å². The van der Waals surface area contributed by atoms with Gasteiger partial charge in [-0.25, -0.2) is 0 Å². The minimum Gasteiger partial charge on any atom is -0.490 e. The third-order valence-electron chi connectivity index (χ3n) is 3.91. The lowest BCUT2D eigenvalue weighted by Crippen LogP contribution is -2.16. The first-order valence-electron chi connectivity index (χ1n) is 8.19. The van der Waals surface area contributed by atoms with E-state index in [0.29, 0.717) is 12.2 Å². The molecule has 1 fully saturated rings. The number of amides is 1. The van der Waals surface area contributed by atoms with Crippen molar-refractivity contribution in [2.75, 3.05) is 18.5 Å². The Morgan fingerprint density at radius 2 is 1.92 bits per heavy atom. The first-order chi connectivity index (χ1) is 11.4. The summed E-state index contributed by atoms with van der Waals surface area (Å²) in [5.41, 5.74) is 2.43. The molecule has 1 heterocycles. The summed E-state index contributed by atoms with van der Waals surface area (Å²) in [6.07, 6.45) is 0.195. The molecule has 2 aromatic rings. The topological polar surface area (TPSA) is 50.9 Å². The average molecular weight is 325 g/mol. The van der Waals surface area contributed by atoms with Crippen molar-refractivity contribution in [1.82, 2.24) is 0 Å². The maximum Gasteiger partial charge on any atom is 0.255 e. The Hall–Kier alpha value is -2.33. The highest BCUT2D eigenvalue weighted by Crippen LogP contribution is 2.34. The maximum atomic E-state index is 12.3. The first-order valence-corrected chi connectivity index (χ1v) is 8.19. The van der Waals surface area contributed by atoms with E-state index in [-0.39, 0.29) is 17.4 Å². The second-order valence-corrected chi connectivity index (χ2v) is 7.05. The largest absolute Gasteiger partial charge is 0.490 e. The average Bonchev–Trinajstić information content (AvgIpc) is 3.37. The Kier molecular flexibility index (Phi) is 4.58. The summed E-state index contributed by atoms with van der Waals surface area (Å²) >= 11 is 0. The summed E-state index contributed by atoms with van der Waals surface area (Å²) in [6.45, 7) is 7.73. The highest BCUT2D eigenvalue weighted by molar-refractivity contribution is 6.04. The fourth-order valence-electron chi connectivity index (χ4n) is 2.48. The van der Waals surface area contributed by atoms with Gasteiger partial charge in [-0.05, 0) is 29.2 Å². The molecule has 1 amide bonds. The third kappa shape index (κ3) is 4.15. The number of rotatable bonds is 5. The number of benzene rings is 2. The van der Waals surface area contributed by atoms with Crippen LogP contribution in [-0.2, 0) is 10.2 Å². The molecule has 0 bridgehead atoms. The minimum atomic E-state index is -0.129. The van der Waals surface area contributed by atoms with Crippen LogP contribution in [0.3, 0.4) is 0 Å². The molecule has 1 unspecified atom stereocenters. The SMILES string of the molecule is CC(C)(C)c1ccc(NC(=O)c2ccccc2)cc1OCC1CO1. The summed E-state index contributed by atoms with van der Waals surface area (Å²) in [6, 6.07) is 15.0. The molecule has 0 aromatic heterocycles. The highest BCUT2D eigenvalue weighted by Gasteiger charge is 2.25. The van der Waals surface area contributed by atoms with E-state index >= 15 is 0 Å². The van der Waals surface area contributed by atoms with E-state index in [4.69, 9.17) is 9.47 Å². The van der Waals surface area contributed by atoms with Crippen LogP contribution in [0.25, 0.3) is 0 Å². The molecule has 2 aromatic carbocycles. The summed E-state index contributed by atoms with van der Waals surface area (Å²) in [7, 11) is 0. The van der Waals surface area contributed by atoms with Crippen LogP contribution >= 0.6 is 0 Å². The molecule has 0 spiro atoms. The minimum absolute atomic E-state index is 0.0400. The number of hydrogen-bond acceptors (Lipinski definition) is 3. The summed E-state index contributed by atoms with van der Waals surface area (Å²) in [4.78, 5) is 12.3. The Labute approximate surface area is 142 Å². The third-order valence-corrected chi connectivity index (χ3v) is 3.91. The van der Waals surface area contributed by atoms with Crippen molar-refractivity contribution in [1.29, 1.82) is 0 Å². The van der Waals surface area contributed by atoms with Gasteiger partial charge in [-0.15, -0.1) is 0 Å². The van der Waals surface area contributed by atoms with Gasteiger partial charge >= 0.3 is 0 Å². The normalized spacial score (nSPS) is 16.5. The number of ether oxygens (including phenoxy) is 2. The monoisotopic (exact) mass is 325 g/mol. The molecule has 4 nitrogen and oxygen atoms in total. The molecule has 1 saturated heterocycles. The van der Waals surface area contributed by atoms with Gasteiger partial charge in [0.05, 0.1) is 6.61 Å². The molecular formula is C20H23NO3. The van der Waals surface area contributed by atoms with Crippen molar-refractivity contribution in [3.05, 3.63) is 59.7 Å². The van der Waals surface area contributed by atoms with Gasteiger partial charge in [0.1, 0.15) is 18.5 Å². The van der Waals surface area contributed by atoms with E-state index in [2.05, 4.69) is 26.1 Å². The number of nitrogens with one attached hydrogen (secondary N) is 1. The van der Waals surface area contributed by atoms with Crippen molar-refractivity contribution >= 4 is 11.6 Å². The lowest BCUT2D eigenvalue weighted by molar-refractivity contribution is 0.102. The van der Waals surface area contributed by atoms with Crippen molar-refractivity contribution in [2.24, 2.45) is 0 Å². The molecule has 4 heteroatoms. The molecule has 24 heavy (non-hydrogen) atoms. The van der Waals surface area contributed by atoms with Gasteiger partial charge in [0.15, 0.2) is 0 Å². The van der Waals surface area contributed by atoms with E-state index in [9.17, 15) is 4.79 Å². The van der Waals surface area contributed by atoms with E-state index in [1.165, 1.54) is 0 Å². The Bertz CT molecular complexity index is 715. The predicted molar refractivity (Wildman–Crippen MR) is 94.8 cm³/mol. The summed E-state index contributed by atoms with van der Waals surface area (Å²) in [5.74, 6) is 0.666. The molecule has 1 aliphatic heterocycles. The molecule has 0 aliphatic carbocycles. The van der Waals surface area contributed by atoms with Crippen molar-refractivity contribution in [3.63, 3.8) is 0 Å². The van der Waals surface area contributed by atoms with E-state index in [1.54, 1.807) is 12.1 Å². The zero-order valence-electron chi connectivity index (χ0n) is 14.3. The number of carbonyl (C=O) groups excluding carboxylic acids is 1. The number of epoxide rings is 1. The Morgan fingerprint density at radius 1 is 1.21 bits per heavy atom. The fraction of sp³-hybridized carbons (Fsp3) is 0.350. The molecule has 126 valence electrons. The predicted octanol–water partition coefficient (Wildman–Crippen LogP) is 4.01. The van der Waals surface area contributed by atoms with Crippen molar-refractivity contribution in [2.45, 2.75) is 32.3 Å². The maximum absolute atomic E-state index is 12.3. The zero-order chi connectivity index (χ0) is 17.2. The molecular weight excluding hydrogens is 302 g/mol. The standard InChI is InChI=1S/C20H23NO3/c1-20(2,3)17-10-9-15(11-18(17)24-13-16-12-23-16)21-19(22)14-7-5-4-6-8-14/h4-11,16H,12-13H2,1-3H3,(H,21,22). The van der Waals surface area contributed by atoms with Crippen LogP contribution in [0.15, 0.2) is 48.5 Å². The van der Waals surface area contributed by atoms with Crippen LogP contribution in [0, 0.1) is 0 Å². The van der Waals surface area contributed by atoms with Crippen LogP contribution in [0.2, 0.25) is 0 Å². The number of hydrogen-bond donors (Lipinski definition) is 1. The van der Waals surface area contributed by atoms with Gasteiger partial charge in [0.25, 0.3) is 5.91 Å². The van der Waals surface area contributed by atoms with Gasteiger partial charge in [-0.3, -0.25) is 4.79 Å². The van der Waals surface area contributed by atoms with Gasteiger partial charge in [0, 0.05) is 17.3 Å². The second-order valence-electron chi connectivity index (χ2n) is 7.05. The first kappa shape index (κ1) is 16.5. The molecule has 1 N–H and O–H groups in total. The second kappa shape index (κ2) is 6.65. The Morgan fingerprint density at radius 3 is 2.54 bits per heavy atom. The number of anilines is 1. The van der Waals surface area contributed by atoms with Crippen LogP contribution in [0.4, 0.5) is 5.69 Å².